The molecule has 0 aliphatic rings. The molecule has 10 aromatic rings. The molecule has 10 rings (SSSR count). The molecule has 73 heavy (non-hydrogen) atoms. The van der Waals surface area contributed by atoms with Crippen LogP contribution >= 0.6 is 0 Å². The van der Waals surface area contributed by atoms with Crippen molar-refractivity contribution >= 4 is 21.8 Å². The Labute approximate surface area is 447 Å². The summed E-state index contributed by atoms with van der Waals surface area (Å²) >= 11 is 0. The Hall–Kier alpha value is -6.81. The van der Waals surface area contributed by atoms with Crippen LogP contribution in [0.4, 0.5) is 0 Å². The number of aromatic nitrogens is 4. The maximum absolute atomic E-state index is 7.13. The molecule has 0 spiro atoms. The van der Waals surface area contributed by atoms with Gasteiger partial charge in [-0.25, -0.2) is 4.98 Å². The van der Waals surface area contributed by atoms with Gasteiger partial charge in [0.15, 0.2) is 0 Å². The van der Waals surface area contributed by atoms with Crippen LogP contribution in [-0.4, -0.2) is 14.1 Å². The van der Waals surface area contributed by atoms with E-state index in [1.54, 1.807) is 0 Å². The first-order valence-corrected chi connectivity index (χ1v) is 25.3. The van der Waals surface area contributed by atoms with E-state index >= 15 is 0 Å². The van der Waals surface area contributed by atoms with Gasteiger partial charge >= 0.3 is 0 Å². The average Bonchev–Trinajstić information content (AvgIpc) is 3.95. The summed E-state index contributed by atoms with van der Waals surface area (Å²) in [5.74, 6) is 2.00. The van der Waals surface area contributed by atoms with Crippen molar-refractivity contribution in [2.75, 3.05) is 0 Å². The van der Waals surface area contributed by atoms with E-state index < -0.39 is 16.2 Å². The Morgan fingerprint density at radius 2 is 1.04 bits per heavy atom. The standard InChI is InChI=1S/C67H66N4O.Pt/c1-63(2,3)49-32-24-33-51(40-49)69-45-70(62(67(11,12)48-30-20-15-21-31-48)61(69)66(9,10)47-28-18-14-19-29-47)52-34-25-35-53(42-52)72-54-43-56(65(7,8)46-26-16-13-17-27-46)60-55-36-22-23-37-57(55)71(58(60)44-54)59-41-50(38-39-68-59)64(4,5)6;/h13-41,43H,1-12H3;/q-2;. The van der Waals surface area contributed by atoms with Crippen LogP contribution in [0.5, 0.6) is 11.5 Å². The number of nitrogens with zero attached hydrogens (tertiary/aromatic N) is 4. The largest absolute Gasteiger partial charge is 0.510 e. The zero-order valence-corrected chi connectivity index (χ0v) is 46.6. The molecule has 0 aliphatic carbocycles. The number of hydrogen-bond donors (Lipinski definition) is 0. The van der Waals surface area contributed by atoms with Crippen LogP contribution in [0.15, 0.2) is 182 Å². The quantitative estimate of drug-likeness (QED) is 0.0956. The maximum atomic E-state index is 7.13. The number of hydrogen-bond acceptors (Lipinski definition) is 2. The Kier molecular flexibility index (Phi) is 13.5. The first-order valence-electron chi connectivity index (χ1n) is 25.3. The monoisotopic (exact) mass is 1140 g/mol. The van der Waals surface area contributed by atoms with E-state index in [0.29, 0.717) is 11.5 Å². The summed E-state index contributed by atoms with van der Waals surface area (Å²) in [5, 5.41) is 2.26. The molecule has 0 bridgehead atoms. The van der Waals surface area contributed by atoms with Crippen molar-refractivity contribution in [3.05, 3.63) is 245 Å². The molecule has 6 heteroatoms. The van der Waals surface area contributed by atoms with Gasteiger partial charge in [0.25, 0.3) is 6.33 Å². The molecule has 3 aromatic heterocycles. The number of ether oxygens (including phenoxy) is 1. The smallest absolute Gasteiger partial charge is 0.267 e. The second-order valence-electron chi connectivity index (χ2n) is 23.0. The summed E-state index contributed by atoms with van der Waals surface area (Å²) in [6.07, 6.45) is 5.89. The Morgan fingerprint density at radius 3 is 1.67 bits per heavy atom. The number of pyridine rings is 1. The predicted molar refractivity (Wildman–Crippen MR) is 296 cm³/mol. The van der Waals surface area contributed by atoms with E-state index in [1.165, 1.54) is 27.8 Å². The summed E-state index contributed by atoms with van der Waals surface area (Å²) in [4.78, 5) is 5.03. The van der Waals surface area contributed by atoms with E-state index in [4.69, 9.17) is 9.72 Å². The van der Waals surface area contributed by atoms with Gasteiger partial charge in [-0.3, -0.25) is 4.57 Å². The van der Waals surface area contributed by atoms with Gasteiger partial charge in [-0.05, 0) is 85.5 Å². The number of rotatable bonds is 11. The van der Waals surface area contributed by atoms with Crippen LogP contribution in [0.25, 0.3) is 39.0 Å². The zero-order chi connectivity index (χ0) is 50.8. The van der Waals surface area contributed by atoms with Crippen molar-refractivity contribution in [2.45, 2.75) is 110 Å². The number of para-hydroxylation sites is 1. The van der Waals surface area contributed by atoms with E-state index in [2.05, 4.69) is 285 Å². The summed E-state index contributed by atoms with van der Waals surface area (Å²) < 4.78 is 13.9. The molecule has 0 amide bonds. The summed E-state index contributed by atoms with van der Waals surface area (Å²) in [7, 11) is 0. The van der Waals surface area contributed by atoms with Gasteiger partial charge in [0, 0.05) is 55.1 Å². The summed E-state index contributed by atoms with van der Waals surface area (Å²) in [6.45, 7) is 27.5. The molecule has 0 N–H and O–H groups in total. The Balaban J connectivity index is 0.00000656. The van der Waals surface area contributed by atoms with Gasteiger partial charge in [-0.2, -0.15) is 12.1 Å². The average molecular weight is 1140 g/mol. The van der Waals surface area contributed by atoms with Crippen LogP contribution in [0.3, 0.4) is 0 Å². The van der Waals surface area contributed by atoms with Gasteiger partial charge in [-0.15, -0.1) is 29.8 Å². The molecule has 3 heterocycles. The topological polar surface area (TPSA) is 35.9 Å². The van der Waals surface area contributed by atoms with Crippen molar-refractivity contribution in [2.24, 2.45) is 0 Å². The van der Waals surface area contributed by atoms with Crippen molar-refractivity contribution in [1.29, 1.82) is 0 Å². The molecular formula is C67H66N4OPt-2. The van der Waals surface area contributed by atoms with E-state index in [1.807, 2.05) is 12.3 Å². The normalized spacial score (nSPS) is 12.5. The van der Waals surface area contributed by atoms with E-state index in [9.17, 15) is 0 Å². The third-order valence-electron chi connectivity index (χ3n) is 14.9. The summed E-state index contributed by atoms with van der Waals surface area (Å²) in [6, 6.07) is 70.3. The zero-order valence-electron chi connectivity index (χ0n) is 44.3. The van der Waals surface area contributed by atoms with Crippen molar-refractivity contribution < 1.29 is 30.4 Å². The fourth-order valence-corrected chi connectivity index (χ4v) is 10.6. The predicted octanol–water partition coefficient (Wildman–Crippen LogP) is 16.0. The molecular weight excluding hydrogens is 1070 g/mol. The minimum atomic E-state index is -0.501. The Bertz CT molecular complexity index is 3590. The van der Waals surface area contributed by atoms with Gasteiger partial charge in [-0.1, -0.05) is 215 Å². The molecule has 0 unspecified atom stereocenters. The second-order valence-corrected chi connectivity index (χ2v) is 23.0. The molecule has 0 radical (unpaired) electrons. The van der Waals surface area contributed by atoms with Crippen LogP contribution in [0.1, 0.15) is 128 Å². The minimum absolute atomic E-state index is 0. The van der Waals surface area contributed by atoms with E-state index in [-0.39, 0.29) is 31.9 Å². The molecule has 0 fully saturated rings. The molecule has 7 aromatic carbocycles. The second kappa shape index (κ2) is 19.2. The van der Waals surface area contributed by atoms with Crippen molar-refractivity contribution in [1.82, 2.24) is 14.1 Å². The number of fused-ring (bicyclic) bond motifs is 3. The Morgan fingerprint density at radius 1 is 0.493 bits per heavy atom. The number of benzene rings is 7. The van der Waals surface area contributed by atoms with Gasteiger partial charge < -0.3 is 13.9 Å². The first kappa shape index (κ1) is 51.1. The molecule has 0 saturated carbocycles. The van der Waals surface area contributed by atoms with Crippen molar-refractivity contribution in [3.8, 4) is 28.7 Å². The third-order valence-corrected chi connectivity index (χ3v) is 14.9. The fourth-order valence-electron chi connectivity index (χ4n) is 10.6. The molecule has 372 valence electrons. The maximum Gasteiger partial charge on any atom is 0.267 e. The SMILES string of the molecule is CC(C)(C)c1cccc(-[n+]2[c-]n(-c3[c-]c(Oc4[c-]c5c(c(C(C)(C)c6ccccc6)c4)c4ccccc4n5-c4cc(C(C)(C)C)ccn4)ccc3)c(C(C)(C)c3ccccc3)c2C(C)(C)c2ccccc2)c1.[Pt]. The van der Waals surface area contributed by atoms with E-state index in [0.717, 1.165) is 55.9 Å². The fraction of sp³-hybridized carbons (Fsp3) is 0.254. The summed E-state index contributed by atoms with van der Waals surface area (Å²) in [5.41, 5.74) is 11.7. The molecule has 0 atom stereocenters. The van der Waals surface area contributed by atoms with Crippen molar-refractivity contribution in [3.63, 3.8) is 0 Å². The van der Waals surface area contributed by atoms with Crippen LogP contribution in [0.2, 0.25) is 0 Å². The van der Waals surface area contributed by atoms with Crippen LogP contribution in [0, 0.1) is 18.5 Å². The number of imidazole rings is 1. The van der Waals surface area contributed by atoms with Gasteiger partial charge in [0.05, 0.1) is 17.1 Å². The third kappa shape index (κ3) is 9.42. The van der Waals surface area contributed by atoms with Crippen LogP contribution in [-0.2, 0) is 48.1 Å². The molecule has 5 nitrogen and oxygen atoms in total. The first-order chi connectivity index (χ1) is 34.2. The van der Waals surface area contributed by atoms with Gasteiger partial charge in [0.2, 0.25) is 0 Å². The molecule has 0 aliphatic heterocycles. The minimum Gasteiger partial charge on any atom is -0.510 e. The molecule has 0 saturated heterocycles. The van der Waals surface area contributed by atoms with Crippen LogP contribution < -0.4 is 9.30 Å². The van der Waals surface area contributed by atoms with Gasteiger partial charge in [0.1, 0.15) is 5.82 Å².